The zero-order chi connectivity index (χ0) is 15.4. The summed E-state index contributed by atoms with van der Waals surface area (Å²) in [6.07, 6.45) is 3.64. The van der Waals surface area contributed by atoms with Gasteiger partial charge in [-0.15, -0.1) is 0 Å². The summed E-state index contributed by atoms with van der Waals surface area (Å²) >= 11 is 0. The molecule has 0 aromatic heterocycles. The number of carbonyl (C=O) groups is 1. The van der Waals surface area contributed by atoms with Gasteiger partial charge in [0.1, 0.15) is 0 Å². The summed E-state index contributed by atoms with van der Waals surface area (Å²) < 4.78 is 11.3. The van der Waals surface area contributed by atoms with Gasteiger partial charge in [0.2, 0.25) is 0 Å². The fraction of sp³-hybridized carbons (Fsp3) is 0.562. The van der Waals surface area contributed by atoms with Crippen LogP contribution < -0.4 is 5.32 Å². The average Bonchev–Trinajstić information content (AvgIpc) is 2.47. The van der Waals surface area contributed by atoms with Gasteiger partial charge in [-0.05, 0) is 51.0 Å². The zero-order valence-corrected chi connectivity index (χ0v) is 13.8. The Kier molecular flexibility index (Phi) is 5.53. The highest BCUT2D eigenvalue weighted by Crippen LogP contribution is 2.14. The summed E-state index contributed by atoms with van der Waals surface area (Å²) in [6.45, 7) is 6.49. The Balaban J connectivity index is 1.89. The lowest BCUT2D eigenvalue weighted by atomic mass is 10.0. The molecule has 1 heterocycles. The molecule has 1 aliphatic rings. The van der Waals surface area contributed by atoms with Gasteiger partial charge in [-0.1, -0.05) is 0 Å². The van der Waals surface area contributed by atoms with E-state index >= 15 is 0 Å². The molecular formula is C16H24N2O2S. The van der Waals surface area contributed by atoms with Crippen molar-refractivity contribution in [1.29, 1.82) is 0 Å². The topological polar surface area (TPSA) is 49.4 Å². The molecule has 1 aromatic rings. The highest BCUT2D eigenvalue weighted by Gasteiger charge is 2.22. The quantitative estimate of drug-likeness (QED) is 0.926. The van der Waals surface area contributed by atoms with Gasteiger partial charge in [0.25, 0.3) is 5.91 Å². The van der Waals surface area contributed by atoms with Gasteiger partial charge in [0.15, 0.2) is 0 Å². The van der Waals surface area contributed by atoms with E-state index in [9.17, 15) is 9.00 Å². The molecule has 1 N–H and O–H groups in total. The minimum absolute atomic E-state index is 0.0357. The summed E-state index contributed by atoms with van der Waals surface area (Å²) in [5.41, 5.74) is 0.635. The molecular weight excluding hydrogens is 284 g/mol. The number of carbonyl (C=O) groups excluding carboxylic acids is 1. The fourth-order valence-electron chi connectivity index (χ4n) is 2.63. The van der Waals surface area contributed by atoms with Crippen LogP contribution in [0.25, 0.3) is 0 Å². The van der Waals surface area contributed by atoms with Crippen molar-refractivity contribution in [3.05, 3.63) is 29.8 Å². The Hall–Kier alpha value is -1.20. The molecule has 0 aliphatic carbocycles. The Morgan fingerprint density at radius 1 is 1.24 bits per heavy atom. The van der Waals surface area contributed by atoms with Crippen molar-refractivity contribution in [1.82, 2.24) is 10.2 Å². The van der Waals surface area contributed by atoms with Gasteiger partial charge in [0.05, 0.1) is 0 Å². The van der Waals surface area contributed by atoms with Gasteiger partial charge in [-0.25, -0.2) is 0 Å². The second-order valence-electron chi connectivity index (χ2n) is 5.86. The van der Waals surface area contributed by atoms with Crippen LogP contribution in [0.1, 0.15) is 37.0 Å². The van der Waals surface area contributed by atoms with E-state index < -0.39 is 10.8 Å². The molecule has 0 radical (unpaired) electrons. The molecule has 21 heavy (non-hydrogen) atoms. The van der Waals surface area contributed by atoms with Crippen molar-refractivity contribution in [3.63, 3.8) is 0 Å². The standard InChI is InChI=1S/C16H24N2O2S/c1-12(2)18-10-8-14(9-11-18)17-16(19)13-4-6-15(7-5-13)21(3)20/h4-7,12,14H,8-11H2,1-3H3,(H,17,19)/t21-/m0/s1. The van der Waals surface area contributed by atoms with Gasteiger partial charge >= 0.3 is 0 Å². The summed E-state index contributed by atoms with van der Waals surface area (Å²) in [4.78, 5) is 15.4. The normalized spacial score (nSPS) is 18.7. The molecule has 1 saturated heterocycles. The second-order valence-corrected chi connectivity index (χ2v) is 7.24. The van der Waals surface area contributed by atoms with E-state index in [1.807, 2.05) is 0 Å². The Morgan fingerprint density at radius 3 is 2.29 bits per heavy atom. The minimum Gasteiger partial charge on any atom is -0.349 e. The van der Waals surface area contributed by atoms with Gasteiger partial charge in [-0.2, -0.15) is 0 Å². The number of amides is 1. The molecule has 0 bridgehead atoms. The second kappa shape index (κ2) is 7.18. The lowest BCUT2D eigenvalue weighted by Crippen LogP contribution is -2.46. The maximum atomic E-state index is 12.2. The third-order valence-electron chi connectivity index (χ3n) is 4.04. The van der Waals surface area contributed by atoms with Gasteiger partial charge < -0.3 is 10.2 Å². The largest absolute Gasteiger partial charge is 0.349 e. The number of rotatable bonds is 4. The number of benzene rings is 1. The van der Waals surface area contributed by atoms with E-state index in [-0.39, 0.29) is 11.9 Å². The molecule has 0 saturated carbocycles. The van der Waals surface area contributed by atoms with Crippen LogP contribution in [0, 0.1) is 0 Å². The first kappa shape index (κ1) is 16.2. The van der Waals surface area contributed by atoms with Crippen molar-refractivity contribution < 1.29 is 9.00 Å². The first-order valence-electron chi connectivity index (χ1n) is 7.46. The third kappa shape index (κ3) is 4.38. The number of hydrogen-bond acceptors (Lipinski definition) is 3. The molecule has 0 spiro atoms. The van der Waals surface area contributed by atoms with Crippen LogP contribution in [-0.2, 0) is 10.8 Å². The smallest absolute Gasteiger partial charge is 0.251 e. The molecule has 0 unspecified atom stereocenters. The van der Waals surface area contributed by atoms with E-state index in [0.29, 0.717) is 11.6 Å². The van der Waals surface area contributed by atoms with Crippen molar-refractivity contribution >= 4 is 16.7 Å². The molecule has 116 valence electrons. The highest BCUT2D eigenvalue weighted by molar-refractivity contribution is 7.84. The number of nitrogens with one attached hydrogen (secondary N) is 1. The monoisotopic (exact) mass is 308 g/mol. The summed E-state index contributed by atoms with van der Waals surface area (Å²) in [5.74, 6) is -0.0357. The molecule has 1 atom stereocenters. The van der Waals surface area contributed by atoms with E-state index in [4.69, 9.17) is 0 Å². The predicted molar refractivity (Wildman–Crippen MR) is 86.0 cm³/mol. The van der Waals surface area contributed by atoms with Crippen LogP contribution in [0.4, 0.5) is 0 Å². The van der Waals surface area contributed by atoms with Crippen molar-refractivity contribution in [2.45, 2.75) is 43.7 Å². The number of hydrogen-bond donors (Lipinski definition) is 1. The predicted octanol–water partition coefficient (Wildman–Crippen LogP) is 2.03. The first-order chi connectivity index (χ1) is 9.97. The van der Waals surface area contributed by atoms with Crippen LogP contribution in [0.15, 0.2) is 29.2 Å². The SMILES string of the molecule is CC(C)N1CCC(NC(=O)c2ccc([S@](C)=O)cc2)CC1. The first-order valence-corrected chi connectivity index (χ1v) is 9.01. The summed E-state index contributed by atoms with van der Waals surface area (Å²) in [5, 5.41) is 3.10. The van der Waals surface area contributed by atoms with Crippen LogP contribution in [0.3, 0.4) is 0 Å². The maximum Gasteiger partial charge on any atom is 0.251 e. The van der Waals surface area contributed by atoms with Crippen molar-refractivity contribution in [2.24, 2.45) is 0 Å². The molecule has 2 rings (SSSR count). The molecule has 1 fully saturated rings. The van der Waals surface area contributed by atoms with E-state index in [2.05, 4.69) is 24.1 Å². The van der Waals surface area contributed by atoms with Crippen LogP contribution in [0.2, 0.25) is 0 Å². The zero-order valence-electron chi connectivity index (χ0n) is 13.0. The van der Waals surface area contributed by atoms with Crippen molar-refractivity contribution in [2.75, 3.05) is 19.3 Å². The van der Waals surface area contributed by atoms with E-state index in [1.54, 1.807) is 30.5 Å². The van der Waals surface area contributed by atoms with Crippen LogP contribution >= 0.6 is 0 Å². The number of nitrogens with zero attached hydrogens (tertiary/aromatic N) is 1. The molecule has 4 nitrogen and oxygen atoms in total. The van der Waals surface area contributed by atoms with Crippen molar-refractivity contribution in [3.8, 4) is 0 Å². The Bertz CT molecular complexity index is 506. The van der Waals surface area contributed by atoms with Gasteiger partial charge in [-0.3, -0.25) is 9.00 Å². The van der Waals surface area contributed by atoms with Crippen LogP contribution in [-0.4, -0.2) is 46.4 Å². The average molecular weight is 308 g/mol. The highest BCUT2D eigenvalue weighted by atomic mass is 32.2. The number of likely N-dealkylation sites (tertiary alicyclic amines) is 1. The number of piperidine rings is 1. The van der Waals surface area contributed by atoms with Gasteiger partial charge in [0, 0.05) is 52.7 Å². The fourth-order valence-corrected chi connectivity index (χ4v) is 3.15. The minimum atomic E-state index is -1.00. The summed E-state index contributed by atoms with van der Waals surface area (Å²) in [6, 6.07) is 7.83. The third-order valence-corrected chi connectivity index (χ3v) is 4.98. The van der Waals surface area contributed by atoms with Crippen LogP contribution in [0.5, 0.6) is 0 Å². The summed E-state index contributed by atoms with van der Waals surface area (Å²) in [7, 11) is -1.00. The Morgan fingerprint density at radius 2 is 1.81 bits per heavy atom. The van der Waals surface area contributed by atoms with E-state index in [0.717, 1.165) is 30.8 Å². The molecule has 5 heteroatoms. The van der Waals surface area contributed by atoms with E-state index in [1.165, 1.54) is 0 Å². The molecule has 1 amide bonds. The molecule has 1 aliphatic heterocycles. The lowest BCUT2D eigenvalue weighted by Gasteiger charge is -2.34. The Labute approximate surface area is 129 Å². The maximum absolute atomic E-state index is 12.2. The lowest BCUT2D eigenvalue weighted by molar-refractivity contribution is 0.0900. The molecule has 1 aromatic carbocycles.